The fourth-order valence-corrected chi connectivity index (χ4v) is 5.20. The lowest BCUT2D eigenvalue weighted by Crippen LogP contribution is -2.28. The Balaban J connectivity index is 1.62. The van der Waals surface area contributed by atoms with Crippen LogP contribution in [0.25, 0.3) is 0 Å². The molecule has 0 saturated heterocycles. The lowest BCUT2D eigenvalue weighted by atomic mass is 10.2. The zero-order chi connectivity index (χ0) is 21.3. The van der Waals surface area contributed by atoms with Gasteiger partial charge in [-0.3, -0.25) is 9.10 Å². The summed E-state index contributed by atoms with van der Waals surface area (Å²) in [6.45, 7) is 2.72. The molecule has 2 heterocycles. The van der Waals surface area contributed by atoms with E-state index in [1.54, 1.807) is 31.3 Å². The number of amides is 1. The number of benzene rings is 2. The molecule has 2 aromatic carbocycles. The molecule has 0 unspecified atom stereocenters. The molecule has 7 nitrogen and oxygen atoms in total. The number of sulfonamides is 1. The van der Waals surface area contributed by atoms with Crippen LogP contribution in [0.5, 0.6) is 5.75 Å². The first-order chi connectivity index (χ1) is 14.4. The summed E-state index contributed by atoms with van der Waals surface area (Å²) >= 11 is 0. The summed E-state index contributed by atoms with van der Waals surface area (Å²) in [5.74, 6) is 0.150. The quantitative estimate of drug-likeness (QED) is 0.656. The fourth-order valence-electron chi connectivity index (χ4n) is 3.62. The summed E-state index contributed by atoms with van der Waals surface area (Å²) in [7, 11) is -2.12. The second-order valence-electron chi connectivity index (χ2n) is 7.01. The van der Waals surface area contributed by atoms with Gasteiger partial charge in [0.1, 0.15) is 16.3 Å². The predicted octanol–water partition coefficient (Wildman–Crippen LogP) is 3.43. The van der Waals surface area contributed by atoms with E-state index in [9.17, 15) is 13.2 Å². The third-order valence-corrected chi connectivity index (χ3v) is 6.86. The average Bonchev–Trinajstić information content (AvgIpc) is 3.34. The van der Waals surface area contributed by atoms with Gasteiger partial charge in [0.25, 0.3) is 15.9 Å². The molecule has 1 aliphatic rings. The molecule has 8 heteroatoms. The van der Waals surface area contributed by atoms with Crippen molar-refractivity contribution in [3.63, 3.8) is 0 Å². The second kappa shape index (κ2) is 7.87. The van der Waals surface area contributed by atoms with E-state index in [1.807, 2.05) is 31.2 Å². The molecule has 4 rings (SSSR count). The Morgan fingerprint density at radius 1 is 1.13 bits per heavy atom. The van der Waals surface area contributed by atoms with E-state index in [0.717, 1.165) is 5.56 Å². The van der Waals surface area contributed by atoms with Gasteiger partial charge in [-0.05, 0) is 43.2 Å². The first-order valence-electron chi connectivity index (χ1n) is 9.72. The highest BCUT2D eigenvalue weighted by Gasteiger charge is 2.32. The lowest BCUT2D eigenvalue weighted by Gasteiger charge is -2.18. The highest BCUT2D eigenvalue weighted by atomic mass is 32.2. The van der Waals surface area contributed by atoms with Gasteiger partial charge in [-0.2, -0.15) is 0 Å². The minimum Gasteiger partial charge on any atom is -0.492 e. The molecule has 1 aliphatic heterocycles. The Morgan fingerprint density at radius 2 is 1.87 bits per heavy atom. The number of aryl methyl sites for hydroxylation is 1. The molecular weight excluding hydrogens is 402 g/mol. The number of anilines is 2. The van der Waals surface area contributed by atoms with Gasteiger partial charge in [-0.15, -0.1) is 0 Å². The number of para-hydroxylation sites is 3. The van der Waals surface area contributed by atoms with Crippen LogP contribution in [-0.4, -0.2) is 32.0 Å². The molecule has 0 spiro atoms. The topological polar surface area (TPSA) is 80.6 Å². The van der Waals surface area contributed by atoms with E-state index in [-0.39, 0.29) is 10.6 Å². The van der Waals surface area contributed by atoms with Gasteiger partial charge < -0.3 is 14.6 Å². The number of nitrogens with zero attached hydrogens (tertiary/aromatic N) is 2. The molecule has 0 radical (unpaired) electrons. The van der Waals surface area contributed by atoms with Gasteiger partial charge in [0, 0.05) is 19.8 Å². The number of nitrogens with one attached hydrogen (secondary N) is 1. The third-order valence-electron chi connectivity index (χ3n) is 5.08. The maximum atomic E-state index is 13.2. The number of hydrogen-bond acceptors (Lipinski definition) is 4. The molecule has 0 atom stereocenters. The van der Waals surface area contributed by atoms with Crippen molar-refractivity contribution in [3.05, 3.63) is 72.1 Å². The molecule has 30 heavy (non-hydrogen) atoms. The summed E-state index contributed by atoms with van der Waals surface area (Å²) in [6.07, 6.45) is 2.14. The zero-order valence-electron chi connectivity index (χ0n) is 16.8. The van der Waals surface area contributed by atoms with Gasteiger partial charge in [0.15, 0.2) is 0 Å². The van der Waals surface area contributed by atoms with Crippen LogP contribution in [0.15, 0.2) is 65.7 Å². The van der Waals surface area contributed by atoms with Gasteiger partial charge >= 0.3 is 0 Å². The third kappa shape index (κ3) is 3.54. The van der Waals surface area contributed by atoms with Crippen LogP contribution >= 0.6 is 0 Å². The van der Waals surface area contributed by atoms with Crippen LogP contribution < -0.4 is 14.4 Å². The standard InChI is InChI=1S/C22H23N3O4S/c1-3-29-21-11-7-5-9-18(21)23-22(26)20-14-17(15-24(20)2)30(27,28)25-13-12-16-8-4-6-10-19(16)25/h4-11,14-15H,3,12-13H2,1-2H3,(H,23,26). The van der Waals surface area contributed by atoms with Crippen molar-refractivity contribution < 1.29 is 17.9 Å². The number of carbonyl (C=O) groups excluding carboxylic acids is 1. The summed E-state index contributed by atoms with van der Waals surface area (Å²) in [5, 5.41) is 2.81. The first kappa shape index (κ1) is 20.0. The van der Waals surface area contributed by atoms with Gasteiger partial charge in [0.05, 0.1) is 18.0 Å². The minimum absolute atomic E-state index is 0.0879. The predicted molar refractivity (Wildman–Crippen MR) is 116 cm³/mol. The SMILES string of the molecule is CCOc1ccccc1NC(=O)c1cc(S(=O)(=O)N2CCc3ccccc32)cn1C. The van der Waals surface area contributed by atoms with Crippen molar-refractivity contribution in [3.8, 4) is 5.75 Å². The van der Waals surface area contributed by atoms with Crippen LogP contribution in [0, 0.1) is 0 Å². The van der Waals surface area contributed by atoms with Crippen molar-refractivity contribution >= 4 is 27.3 Å². The normalized spacial score (nSPS) is 13.2. The smallest absolute Gasteiger partial charge is 0.272 e. The number of hydrogen-bond donors (Lipinski definition) is 1. The monoisotopic (exact) mass is 425 g/mol. The summed E-state index contributed by atoms with van der Waals surface area (Å²) < 4.78 is 35.0. The largest absolute Gasteiger partial charge is 0.492 e. The van der Waals surface area contributed by atoms with Crippen LogP contribution in [-0.2, 0) is 23.5 Å². The number of carbonyl (C=O) groups is 1. The van der Waals surface area contributed by atoms with Crippen molar-refractivity contribution in [2.24, 2.45) is 7.05 Å². The molecule has 1 N–H and O–H groups in total. The summed E-state index contributed by atoms with van der Waals surface area (Å²) in [4.78, 5) is 12.9. The van der Waals surface area contributed by atoms with Crippen molar-refractivity contribution in [1.29, 1.82) is 0 Å². The van der Waals surface area contributed by atoms with Crippen LogP contribution in [0.3, 0.4) is 0 Å². The van der Waals surface area contributed by atoms with Gasteiger partial charge in [0.2, 0.25) is 0 Å². The first-order valence-corrected chi connectivity index (χ1v) is 11.2. The molecule has 156 valence electrons. The molecule has 3 aromatic rings. The zero-order valence-corrected chi connectivity index (χ0v) is 17.6. The number of ether oxygens (including phenoxy) is 1. The van der Waals surface area contributed by atoms with E-state index in [1.165, 1.54) is 21.1 Å². The number of rotatable bonds is 6. The molecule has 1 aromatic heterocycles. The van der Waals surface area contributed by atoms with E-state index >= 15 is 0 Å². The van der Waals surface area contributed by atoms with Gasteiger partial charge in [-0.1, -0.05) is 30.3 Å². The summed E-state index contributed by atoms with van der Waals surface area (Å²) in [6, 6.07) is 16.0. The minimum atomic E-state index is -3.77. The lowest BCUT2D eigenvalue weighted by molar-refractivity contribution is 0.101. The second-order valence-corrected chi connectivity index (χ2v) is 8.87. The van der Waals surface area contributed by atoms with Crippen molar-refractivity contribution in [1.82, 2.24) is 4.57 Å². The van der Waals surface area contributed by atoms with Crippen LogP contribution in [0.4, 0.5) is 11.4 Å². The molecule has 0 saturated carbocycles. The highest BCUT2D eigenvalue weighted by molar-refractivity contribution is 7.92. The Labute approximate surface area is 175 Å². The van der Waals surface area contributed by atoms with E-state index in [4.69, 9.17) is 4.74 Å². The summed E-state index contributed by atoms with van der Waals surface area (Å²) in [5.41, 5.74) is 2.47. The molecular formula is C22H23N3O4S. The van der Waals surface area contributed by atoms with E-state index < -0.39 is 15.9 Å². The fraction of sp³-hybridized carbons (Fsp3) is 0.227. The van der Waals surface area contributed by atoms with Crippen LogP contribution in [0.1, 0.15) is 23.0 Å². The number of fused-ring (bicyclic) bond motifs is 1. The number of aromatic nitrogens is 1. The van der Waals surface area contributed by atoms with E-state index in [2.05, 4.69) is 5.32 Å². The Hall–Kier alpha value is -3.26. The molecule has 1 amide bonds. The Morgan fingerprint density at radius 3 is 2.67 bits per heavy atom. The maximum Gasteiger partial charge on any atom is 0.272 e. The molecule has 0 aliphatic carbocycles. The van der Waals surface area contributed by atoms with Gasteiger partial charge in [-0.25, -0.2) is 8.42 Å². The van der Waals surface area contributed by atoms with Crippen LogP contribution in [0.2, 0.25) is 0 Å². The average molecular weight is 426 g/mol. The van der Waals surface area contributed by atoms with E-state index in [0.29, 0.717) is 36.7 Å². The Kier molecular flexibility index (Phi) is 5.26. The molecule has 0 bridgehead atoms. The van der Waals surface area contributed by atoms with Crippen molar-refractivity contribution in [2.75, 3.05) is 22.8 Å². The maximum absolute atomic E-state index is 13.2. The Bertz CT molecular complexity index is 1200. The molecule has 0 fully saturated rings. The van der Waals surface area contributed by atoms with Crippen molar-refractivity contribution in [2.45, 2.75) is 18.2 Å². The highest BCUT2D eigenvalue weighted by Crippen LogP contribution is 2.33.